The van der Waals surface area contributed by atoms with Crippen molar-refractivity contribution in [3.63, 3.8) is 0 Å². The van der Waals surface area contributed by atoms with E-state index < -0.39 is 5.97 Å². The third-order valence-corrected chi connectivity index (χ3v) is 3.14. The lowest BCUT2D eigenvalue weighted by Gasteiger charge is -2.31. The van der Waals surface area contributed by atoms with E-state index >= 15 is 0 Å². The number of nitrogens with zero attached hydrogens (tertiary/aromatic N) is 2. The van der Waals surface area contributed by atoms with Crippen molar-refractivity contribution >= 4 is 11.9 Å². The number of likely N-dealkylation sites (tertiary alicyclic amines) is 1. The highest BCUT2D eigenvalue weighted by Crippen LogP contribution is 2.17. The fourth-order valence-corrected chi connectivity index (χ4v) is 1.82. The second-order valence-electron chi connectivity index (χ2n) is 4.32. The van der Waals surface area contributed by atoms with Crippen LogP contribution in [0.2, 0.25) is 0 Å². The number of amides is 1. The fourth-order valence-electron chi connectivity index (χ4n) is 1.82. The molecule has 0 unspecified atom stereocenters. The molecular weight excluding hydrogens is 208 g/mol. The number of aliphatic carboxylic acids is 1. The van der Waals surface area contributed by atoms with Gasteiger partial charge in [-0.05, 0) is 26.4 Å². The van der Waals surface area contributed by atoms with E-state index in [0.29, 0.717) is 32.5 Å². The Kier molecular flexibility index (Phi) is 4.73. The van der Waals surface area contributed by atoms with Crippen LogP contribution in [0.25, 0.3) is 0 Å². The topological polar surface area (TPSA) is 60.9 Å². The first-order valence-corrected chi connectivity index (χ1v) is 5.73. The average Bonchev–Trinajstić information content (AvgIpc) is 2.28. The highest BCUT2D eigenvalue weighted by Gasteiger charge is 2.26. The van der Waals surface area contributed by atoms with Crippen LogP contribution >= 0.6 is 0 Å². The average molecular weight is 228 g/mol. The summed E-state index contributed by atoms with van der Waals surface area (Å²) >= 11 is 0. The summed E-state index contributed by atoms with van der Waals surface area (Å²) in [7, 11) is 1.90. The molecule has 16 heavy (non-hydrogen) atoms. The monoisotopic (exact) mass is 228 g/mol. The van der Waals surface area contributed by atoms with Crippen molar-refractivity contribution in [2.24, 2.45) is 5.92 Å². The molecule has 1 aliphatic rings. The molecule has 0 aromatic carbocycles. The summed E-state index contributed by atoms with van der Waals surface area (Å²) in [6, 6.07) is 0. The van der Waals surface area contributed by atoms with Crippen LogP contribution in [0.3, 0.4) is 0 Å². The summed E-state index contributed by atoms with van der Waals surface area (Å²) in [5.74, 6) is -0.904. The first-order valence-electron chi connectivity index (χ1n) is 5.73. The van der Waals surface area contributed by atoms with E-state index in [1.165, 1.54) is 0 Å². The van der Waals surface area contributed by atoms with Crippen LogP contribution in [-0.2, 0) is 9.59 Å². The standard InChI is InChI=1S/C11H20N2O3/c1-3-12(2)8-10(14)13-6-4-9(5-7-13)11(15)16/h9H,3-8H2,1-2H3,(H,15,16). The molecule has 1 saturated heterocycles. The Morgan fingerprint density at radius 2 is 1.94 bits per heavy atom. The molecule has 0 atom stereocenters. The van der Waals surface area contributed by atoms with E-state index in [1.807, 2.05) is 18.9 Å². The Hall–Kier alpha value is -1.10. The minimum Gasteiger partial charge on any atom is -0.481 e. The first-order chi connectivity index (χ1) is 7.54. The minimum atomic E-state index is -0.738. The Morgan fingerprint density at radius 1 is 1.38 bits per heavy atom. The first kappa shape index (κ1) is 13.0. The van der Waals surface area contributed by atoms with Crippen LogP contribution in [0, 0.1) is 5.92 Å². The number of hydrogen-bond donors (Lipinski definition) is 1. The van der Waals surface area contributed by atoms with Crippen molar-refractivity contribution in [1.29, 1.82) is 0 Å². The van der Waals surface area contributed by atoms with Gasteiger partial charge in [0.15, 0.2) is 0 Å². The van der Waals surface area contributed by atoms with E-state index in [2.05, 4.69) is 0 Å². The highest BCUT2D eigenvalue weighted by molar-refractivity contribution is 5.78. The van der Waals surface area contributed by atoms with Gasteiger partial charge in [0, 0.05) is 13.1 Å². The van der Waals surface area contributed by atoms with Gasteiger partial charge in [-0.1, -0.05) is 6.92 Å². The molecule has 1 N–H and O–H groups in total. The van der Waals surface area contributed by atoms with Gasteiger partial charge < -0.3 is 10.0 Å². The summed E-state index contributed by atoms with van der Waals surface area (Å²) in [4.78, 5) is 26.2. The summed E-state index contributed by atoms with van der Waals surface area (Å²) in [5, 5.41) is 8.83. The zero-order valence-corrected chi connectivity index (χ0v) is 9.98. The van der Waals surface area contributed by atoms with Crippen molar-refractivity contribution in [2.75, 3.05) is 33.2 Å². The van der Waals surface area contributed by atoms with Crippen molar-refractivity contribution in [3.8, 4) is 0 Å². The number of carboxylic acids is 1. The molecular formula is C11H20N2O3. The maximum absolute atomic E-state index is 11.8. The SMILES string of the molecule is CCN(C)CC(=O)N1CCC(C(=O)O)CC1. The summed E-state index contributed by atoms with van der Waals surface area (Å²) in [5.41, 5.74) is 0. The Labute approximate surface area is 96.0 Å². The maximum Gasteiger partial charge on any atom is 0.306 e. The molecule has 92 valence electrons. The van der Waals surface area contributed by atoms with E-state index in [9.17, 15) is 9.59 Å². The van der Waals surface area contributed by atoms with Gasteiger partial charge in [0.25, 0.3) is 0 Å². The molecule has 0 saturated carbocycles. The van der Waals surface area contributed by atoms with Crippen LogP contribution in [0.1, 0.15) is 19.8 Å². The van der Waals surface area contributed by atoms with E-state index in [-0.39, 0.29) is 11.8 Å². The molecule has 0 aliphatic carbocycles. The van der Waals surface area contributed by atoms with Crippen LogP contribution < -0.4 is 0 Å². The predicted octanol–water partition coefficient (Wildman–Crippen LogP) is 0.261. The Morgan fingerprint density at radius 3 is 2.38 bits per heavy atom. The molecule has 5 heteroatoms. The molecule has 1 amide bonds. The number of carbonyl (C=O) groups is 2. The van der Waals surface area contributed by atoms with Gasteiger partial charge in [-0.25, -0.2) is 0 Å². The zero-order valence-electron chi connectivity index (χ0n) is 9.98. The van der Waals surface area contributed by atoms with Crippen molar-refractivity contribution < 1.29 is 14.7 Å². The number of carboxylic acid groups (broad SMARTS) is 1. The molecule has 0 bridgehead atoms. The third-order valence-electron chi connectivity index (χ3n) is 3.14. The molecule has 0 spiro atoms. The lowest BCUT2D eigenvalue weighted by atomic mass is 9.97. The second kappa shape index (κ2) is 5.84. The summed E-state index contributed by atoms with van der Waals surface area (Å²) in [6.45, 7) is 4.43. The minimum absolute atomic E-state index is 0.105. The number of hydrogen-bond acceptors (Lipinski definition) is 3. The lowest BCUT2D eigenvalue weighted by molar-refractivity contribution is -0.145. The van der Waals surface area contributed by atoms with Crippen LogP contribution in [0.5, 0.6) is 0 Å². The van der Waals surface area contributed by atoms with Gasteiger partial charge in [0.05, 0.1) is 12.5 Å². The normalized spacial score (nSPS) is 17.8. The molecule has 1 heterocycles. The van der Waals surface area contributed by atoms with Gasteiger partial charge >= 0.3 is 5.97 Å². The van der Waals surface area contributed by atoms with Gasteiger partial charge in [0.2, 0.25) is 5.91 Å². The molecule has 0 aromatic rings. The van der Waals surface area contributed by atoms with Crippen LogP contribution in [-0.4, -0.2) is 60.0 Å². The van der Waals surface area contributed by atoms with E-state index in [4.69, 9.17) is 5.11 Å². The summed E-state index contributed by atoms with van der Waals surface area (Å²) in [6.07, 6.45) is 1.16. The Bertz CT molecular complexity index is 260. The van der Waals surface area contributed by atoms with Crippen molar-refractivity contribution in [1.82, 2.24) is 9.80 Å². The second-order valence-corrected chi connectivity index (χ2v) is 4.32. The number of carbonyl (C=O) groups excluding carboxylic acids is 1. The molecule has 1 fully saturated rings. The van der Waals surface area contributed by atoms with Crippen LogP contribution in [0.4, 0.5) is 0 Å². The maximum atomic E-state index is 11.8. The number of rotatable bonds is 4. The zero-order chi connectivity index (χ0) is 12.1. The molecule has 1 aliphatic heterocycles. The number of piperidine rings is 1. The molecule has 0 radical (unpaired) electrons. The smallest absolute Gasteiger partial charge is 0.306 e. The fraction of sp³-hybridized carbons (Fsp3) is 0.818. The molecule has 1 rings (SSSR count). The Balaban J connectivity index is 2.36. The number of likely N-dealkylation sites (N-methyl/N-ethyl adjacent to an activating group) is 1. The van der Waals surface area contributed by atoms with Gasteiger partial charge in [-0.3, -0.25) is 14.5 Å². The van der Waals surface area contributed by atoms with Crippen molar-refractivity contribution in [2.45, 2.75) is 19.8 Å². The van der Waals surface area contributed by atoms with Gasteiger partial charge in [-0.2, -0.15) is 0 Å². The van der Waals surface area contributed by atoms with Gasteiger partial charge in [0.1, 0.15) is 0 Å². The molecule has 5 nitrogen and oxygen atoms in total. The highest BCUT2D eigenvalue weighted by atomic mass is 16.4. The predicted molar refractivity (Wildman–Crippen MR) is 60.1 cm³/mol. The quantitative estimate of drug-likeness (QED) is 0.750. The largest absolute Gasteiger partial charge is 0.481 e. The molecule has 0 aromatic heterocycles. The summed E-state index contributed by atoms with van der Waals surface area (Å²) < 4.78 is 0. The van der Waals surface area contributed by atoms with Crippen LogP contribution in [0.15, 0.2) is 0 Å². The van der Waals surface area contributed by atoms with E-state index in [0.717, 1.165) is 6.54 Å². The lowest BCUT2D eigenvalue weighted by Crippen LogP contribution is -2.44. The van der Waals surface area contributed by atoms with E-state index in [1.54, 1.807) is 4.90 Å². The third kappa shape index (κ3) is 3.48. The van der Waals surface area contributed by atoms with Crippen molar-refractivity contribution in [3.05, 3.63) is 0 Å². The van der Waals surface area contributed by atoms with Gasteiger partial charge in [-0.15, -0.1) is 0 Å².